The van der Waals surface area contributed by atoms with Crippen molar-refractivity contribution in [2.75, 3.05) is 79.6 Å². The molecular formula is C25H44N6O. The van der Waals surface area contributed by atoms with Crippen LogP contribution in [-0.2, 0) is 0 Å². The number of hydrogen-bond donors (Lipinski definition) is 2. The molecule has 0 aliphatic carbocycles. The van der Waals surface area contributed by atoms with Crippen LogP contribution in [0.2, 0.25) is 0 Å². The first kappa shape index (κ1) is 24.8. The predicted octanol–water partition coefficient (Wildman–Crippen LogP) is 2.41. The number of benzene rings is 1. The standard InChI is InChI=1S/C25H44N6O/c1-4-29-17-19-30(20-18-29)14-8-7-13-27-25(26-2)28-21-23(31-15-9-10-16-31)22-11-5-6-12-24(22)32-3/h5-6,11-12,23H,4,7-10,13-21H2,1-3H3,(H2,26,27,28). The molecule has 0 amide bonds. The van der Waals surface area contributed by atoms with Crippen LogP contribution in [0, 0.1) is 0 Å². The minimum atomic E-state index is 0.286. The monoisotopic (exact) mass is 444 g/mol. The number of nitrogens with zero attached hydrogens (tertiary/aromatic N) is 4. The van der Waals surface area contributed by atoms with E-state index in [0.29, 0.717) is 0 Å². The first-order valence-corrected chi connectivity index (χ1v) is 12.5. The first-order chi connectivity index (χ1) is 15.7. The number of likely N-dealkylation sites (N-methyl/N-ethyl adjacent to an activating group) is 1. The topological polar surface area (TPSA) is 55.4 Å². The van der Waals surface area contributed by atoms with E-state index < -0.39 is 0 Å². The molecule has 2 aliphatic rings. The van der Waals surface area contributed by atoms with Crippen LogP contribution in [0.25, 0.3) is 0 Å². The Balaban J connectivity index is 1.41. The van der Waals surface area contributed by atoms with Gasteiger partial charge in [-0.3, -0.25) is 9.89 Å². The van der Waals surface area contributed by atoms with Gasteiger partial charge in [0.1, 0.15) is 5.75 Å². The number of aliphatic imine (C=N–C) groups is 1. The van der Waals surface area contributed by atoms with E-state index in [4.69, 9.17) is 4.74 Å². The van der Waals surface area contributed by atoms with E-state index in [1.165, 1.54) is 64.1 Å². The third-order valence-corrected chi connectivity index (χ3v) is 6.87. The highest BCUT2D eigenvalue weighted by Crippen LogP contribution is 2.31. The van der Waals surface area contributed by atoms with Crippen molar-refractivity contribution in [1.29, 1.82) is 0 Å². The summed E-state index contributed by atoms with van der Waals surface area (Å²) in [5, 5.41) is 7.09. The summed E-state index contributed by atoms with van der Waals surface area (Å²) >= 11 is 0. The largest absolute Gasteiger partial charge is 0.496 e. The number of rotatable bonds is 11. The molecule has 32 heavy (non-hydrogen) atoms. The van der Waals surface area contributed by atoms with Crippen molar-refractivity contribution in [1.82, 2.24) is 25.3 Å². The zero-order chi connectivity index (χ0) is 22.6. The minimum Gasteiger partial charge on any atom is -0.496 e. The van der Waals surface area contributed by atoms with Gasteiger partial charge < -0.3 is 25.2 Å². The van der Waals surface area contributed by atoms with E-state index in [2.05, 4.69) is 55.4 Å². The Kier molecular flexibility index (Phi) is 10.6. The summed E-state index contributed by atoms with van der Waals surface area (Å²) in [5.41, 5.74) is 1.25. The zero-order valence-corrected chi connectivity index (χ0v) is 20.5. The lowest BCUT2D eigenvalue weighted by Crippen LogP contribution is -2.46. The number of ether oxygens (including phenoxy) is 1. The Bertz CT molecular complexity index is 683. The Labute approximate surface area is 195 Å². The van der Waals surface area contributed by atoms with Crippen molar-refractivity contribution in [3.8, 4) is 5.75 Å². The molecule has 0 radical (unpaired) electrons. The zero-order valence-electron chi connectivity index (χ0n) is 20.5. The van der Waals surface area contributed by atoms with Gasteiger partial charge in [-0.2, -0.15) is 0 Å². The van der Waals surface area contributed by atoms with Gasteiger partial charge >= 0.3 is 0 Å². The highest BCUT2D eigenvalue weighted by molar-refractivity contribution is 5.79. The molecular weight excluding hydrogens is 400 g/mol. The SMILES string of the molecule is CCN1CCN(CCCCNC(=NC)NCC(c2ccccc2OC)N2CCCC2)CC1. The van der Waals surface area contributed by atoms with E-state index in [-0.39, 0.29) is 6.04 Å². The van der Waals surface area contributed by atoms with E-state index in [9.17, 15) is 0 Å². The molecule has 7 nitrogen and oxygen atoms in total. The Morgan fingerprint density at radius 3 is 2.41 bits per heavy atom. The molecule has 2 N–H and O–H groups in total. The van der Waals surface area contributed by atoms with Crippen LogP contribution in [0.15, 0.2) is 29.3 Å². The van der Waals surface area contributed by atoms with Crippen LogP contribution in [-0.4, -0.2) is 100 Å². The molecule has 1 aromatic carbocycles. The van der Waals surface area contributed by atoms with E-state index in [0.717, 1.165) is 44.3 Å². The van der Waals surface area contributed by atoms with Gasteiger partial charge in [-0.05, 0) is 57.9 Å². The molecule has 7 heteroatoms. The smallest absolute Gasteiger partial charge is 0.191 e. The fraction of sp³-hybridized carbons (Fsp3) is 0.720. The average Bonchev–Trinajstić information content (AvgIpc) is 3.38. The minimum absolute atomic E-state index is 0.286. The second-order valence-electron chi connectivity index (χ2n) is 8.86. The Morgan fingerprint density at radius 2 is 1.72 bits per heavy atom. The number of nitrogens with one attached hydrogen (secondary N) is 2. The first-order valence-electron chi connectivity index (χ1n) is 12.5. The quantitative estimate of drug-likeness (QED) is 0.311. The lowest BCUT2D eigenvalue weighted by atomic mass is 10.0. The fourth-order valence-corrected chi connectivity index (χ4v) is 4.84. The van der Waals surface area contributed by atoms with Gasteiger partial charge in [-0.25, -0.2) is 0 Å². The van der Waals surface area contributed by atoms with Crippen molar-refractivity contribution in [2.24, 2.45) is 4.99 Å². The second-order valence-corrected chi connectivity index (χ2v) is 8.86. The van der Waals surface area contributed by atoms with Crippen molar-refractivity contribution in [3.05, 3.63) is 29.8 Å². The summed E-state index contributed by atoms with van der Waals surface area (Å²) in [6.07, 6.45) is 4.93. The molecule has 2 heterocycles. The van der Waals surface area contributed by atoms with Crippen LogP contribution in [0.4, 0.5) is 0 Å². The van der Waals surface area contributed by atoms with Crippen LogP contribution in [0.5, 0.6) is 5.75 Å². The maximum absolute atomic E-state index is 5.67. The average molecular weight is 445 g/mol. The van der Waals surface area contributed by atoms with E-state index in [1.807, 2.05) is 13.1 Å². The highest BCUT2D eigenvalue weighted by atomic mass is 16.5. The van der Waals surface area contributed by atoms with Crippen LogP contribution in [0.1, 0.15) is 44.2 Å². The highest BCUT2D eigenvalue weighted by Gasteiger charge is 2.26. The van der Waals surface area contributed by atoms with Gasteiger partial charge in [0.2, 0.25) is 0 Å². The molecule has 2 saturated heterocycles. The lowest BCUT2D eigenvalue weighted by molar-refractivity contribution is 0.136. The van der Waals surface area contributed by atoms with Crippen molar-refractivity contribution < 1.29 is 4.74 Å². The summed E-state index contributed by atoms with van der Waals surface area (Å²) in [7, 11) is 3.62. The Morgan fingerprint density at radius 1 is 1.00 bits per heavy atom. The third kappa shape index (κ3) is 7.36. The number of methoxy groups -OCH3 is 1. The van der Waals surface area contributed by atoms with E-state index >= 15 is 0 Å². The maximum atomic E-state index is 5.67. The summed E-state index contributed by atoms with van der Waals surface area (Å²) in [6.45, 7) is 13.6. The molecule has 0 aromatic heterocycles. The van der Waals surface area contributed by atoms with Gasteiger partial charge in [-0.1, -0.05) is 25.1 Å². The molecule has 2 aliphatic heterocycles. The predicted molar refractivity (Wildman–Crippen MR) is 134 cm³/mol. The Hall–Kier alpha value is -1.83. The van der Waals surface area contributed by atoms with Crippen LogP contribution >= 0.6 is 0 Å². The van der Waals surface area contributed by atoms with Gasteiger partial charge in [0, 0.05) is 51.9 Å². The van der Waals surface area contributed by atoms with Gasteiger partial charge in [0.05, 0.1) is 13.2 Å². The molecule has 1 aromatic rings. The van der Waals surface area contributed by atoms with Crippen molar-refractivity contribution in [2.45, 2.75) is 38.6 Å². The molecule has 0 spiro atoms. The molecule has 0 saturated carbocycles. The number of unbranched alkanes of at least 4 members (excludes halogenated alkanes) is 1. The number of piperazine rings is 1. The molecule has 2 fully saturated rings. The third-order valence-electron chi connectivity index (χ3n) is 6.87. The maximum Gasteiger partial charge on any atom is 0.191 e. The van der Waals surface area contributed by atoms with Crippen molar-refractivity contribution >= 4 is 5.96 Å². The summed E-state index contributed by atoms with van der Waals surface area (Å²) in [5.74, 6) is 1.86. The molecule has 1 atom stereocenters. The van der Waals surface area contributed by atoms with Gasteiger partial charge in [0.25, 0.3) is 0 Å². The molecule has 3 rings (SSSR count). The molecule has 1 unspecified atom stereocenters. The molecule has 0 bridgehead atoms. The number of guanidine groups is 1. The summed E-state index contributed by atoms with van der Waals surface area (Å²) in [6, 6.07) is 8.69. The van der Waals surface area contributed by atoms with Crippen LogP contribution in [0.3, 0.4) is 0 Å². The van der Waals surface area contributed by atoms with Gasteiger partial charge in [0.15, 0.2) is 5.96 Å². The van der Waals surface area contributed by atoms with E-state index in [1.54, 1.807) is 7.11 Å². The second kappa shape index (κ2) is 13.7. The number of para-hydroxylation sites is 1. The summed E-state index contributed by atoms with van der Waals surface area (Å²) in [4.78, 5) is 12.2. The lowest BCUT2D eigenvalue weighted by Gasteiger charge is -2.34. The fourth-order valence-electron chi connectivity index (χ4n) is 4.84. The normalized spacial score (nSPS) is 19.8. The summed E-state index contributed by atoms with van der Waals surface area (Å²) < 4.78 is 5.67. The van der Waals surface area contributed by atoms with Crippen molar-refractivity contribution in [3.63, 3.8) is 0 Å². The number of hydrogen-bond acceptors (Lipinski definition) is 5. The molecule has 180 valence electrons. The van der Waals surface area contributed by atoms with Gasteiger partial charge in [-0.15, -0.1) is 0 Å². The number of likely N-dealkylation sites (tertiary alicyclic amines) is 1. The van der Waals surface area contributed by atoms with Crippen LogP contribution < -0.4 is 15.4 Å².